The third kappa shape index (κ3) is 8.60. The van der Waals surface area contributed by atoms with E-state index in [1.807, 2.05) is 36.4 Å². The maximum absolute atomic E-state index is 12.2. The molecule has 1 aliphatic carbocycles. The standard InChI is InChI=1S/C24H33BN2O4.2ClH/c26-24(23(28)29)15-19(13-14-25(30)31)11-12-22(24)18-27(16-20-7-3-1-4-8-20)17-21-9-5-2-6-10-21;;/h1-10,19,22,30-31H,11-18,26H2,(H,28,29);2*1H/t19-,22+,24+;;/m0../s1. The number of aliphatic carboxylic acids is 1. The van der Waals surface area contributed by atoms with Crippen molar-refractivity contribution in [2.75, 3.05) is 6.54 Å². The smallest absolute Gasteiger partial charge is 0.451 e. The maximum atomic E-state index is 12.2. The number of carboxylic acid groups (broad SMARTS) is 1. The van der Waals surface area contributed by atoms with Gasteiger partial charge in [-0.25, -0.2) is 0 Å². The van der Waals surface area contributed by atoms with Gasteiger partial charge in [0.2, 0.25) is 0 Å². The molecule has 1 fully saturated rings. The summed E-state index contributed by atoms with van der Waals surface area (Å²) in [6, 6.07) is 20.4. The lowest BCUT2D eigenvalue weighted by molar-refractivity contribution is -0.148. The molecule has 0 aliphatic heterocycles. The summed E-state index contributed by atoms with van der Waals surface area (Å²) in [4.78, 5) is 14.5. The van der Waals surface area contributed by atoms with Gasteiger partial charge in [0, 0.05) is 25.6 Å². The molecule has 3 atom stereocenters. The molecule has 3 rings (SSSR count). The molecule has 0 aromatic heterocycles. The fourth-order valence-corrected chi connectivity index (χ4v) is 4.77. The number of carbonyl (C=O) groups is 1. The second-order valence-corrected chi connectivity index (χ2v) is 8.89. The van der Waals surface area contributed by atoms with Crippen molar-refractivity contribution in [3.63, 3.8) is 0 Å². The molecule has 5 N–H and O–H groups in total. The van der Waals surface area contributed by atoms with E-state index in [9.17, 15) is 19.9 Å². The zero-order chi connectivity index (χ0) is 22.3. The number of carboxylic acids is 1. The Morgan fingerprint density at radius 1 is 0.970 bits per heavy atom. The Balaban J connectivity index is 0.00000272. The Bertz CT molecular complexity index is 790. The molecule has 0 radical (unpaired) electrons. The highest BCUT2D eigenvalue weighted by molar-refractivity contribution is 6.40. The number of hydrogen-bond donors (Lipinski definition) is 4. The number of halogens is 2. The highest BCUT2D eigenvalue weighted by Gasteiger charge is 2.47. The van der Waals surface area contributed by atoms with E-state index in [-0.39, 0.29) is 43.0 Å². The average molecular weight is 497 g/mol. The van der Waals surface area contributed by atoms with Crippen LogP contribution in [0.4, 0.5) is 0 Å². The number of nitrogens with two attached hydrogens (primary N) is 1. The normalized spacial score (nSPS) is 22.2. The van der Waals surface area contributed by atoms with Crippen LogP contribution >= 0.6 is 24.8 Å². The van der Waals surface area contributed by atoms with Gasteiger partial charge < -0.3 is 20.9 Å². The molecule has 33 heavy (non-hydrogen) atoms. The van der Waals surface area contributed by atoms with Gasteiger partial charge in [0.25, 0.3) is 0 Å². The van der Waals surface area contributed by atoms with Crippen molar-refractivity contribution in [2.45, 2.75) is 50.6 Å². The fraction of sp³-hybridized carbons (Fsp3) is 0.458. The van der Waals surface area contributed by atoms with Crippen LogP contribution in [0.3, 0.4) is 0 Å². The van der Waals surface area contributed by atoms with Crippen molar-refractivity contribution in [2.24, 2.45) is 17.6 Å². The summed E-state index contributed by atoms with van der Waals surface area (Å²) in [6.07, 6.45) is 2.76. The molecule has 2 aromatic rings. The van der Waals surface area contributed by atoms with Crippen molar-refractivity contribution in [1.29, 1.82) is 0 Å². The Hall–Kier alpha value is -1.61. The Morgan fingerprint density at radius 3 is 1.94 bits per heavy atom. The number of hydrogen-bond acceptors (Lipinski definition) is 5. The zero-order valence-corrected chi connectivity index (χ0v) is 20.4. The molecular weight excluding hydrogens is 462 g/mol. The van der Waals surface area contributed by atoms with E-state index < -0.39 is 18.6 Å². The van der Waals surface area contributed by atoms with Crippen LogP contribution in [0.2, 0.25) is 6.32 Å². The molecule has 2 aromatic carbocycles. The lowest BCUT2D eigenvalue weighted by Crippen LogP contribution is -2.60. The fourth-order valence-electron chi connectivity index (χ4n) is 4.77. The van der Waals surface area contributed by atoms with Gasteiger partial charge in [-0.2, -0.15) is 0 Å². The Morgan fingerprint density at radius 2 is 1.48 bits per heavy atom. The van der Waals surface area contributed by atoms with Gasteiger partial charge in [0.15, 0.2) is 0 Å². The summed E-state index contributed by atoms with van der Waals surface area (Å²) in [6.45, 7) is 2.05. The average Bonchev–Trinajstić information content (AvgIpc) is 2.75. The van der Waals surface area contributed by atoms with Crippen LogP contribution in [0.1, 0.15) is 36.8 Å². The highest BCUT2D eigenvalue weighted by Crippen LogP contribution is 2.39. The first-order valence-corrected chi connectivity index (χ1v) is 11.1. The molecular formula is C24H35BCl2N2O4. The summed E-state index contributed by atoms with van der Waals surface area (Å²) in [5.74, 6) is -1.05. The van der Waals surface area contributed by atoms with Gasteiger partial charge in [-0.05, 0) is 42.6 Å². The van der Waals surface area contributed by atoms with Gasteiger partial charge in [-0.15, -0.1) is 24.8 Å². The predicted molar refractivity (Wildman–Crippen MR) is 136 cm³/mol. The molecule has 9 heteroatoms. The first kappa shape index (κ1) is 29.4. The van der Waals surface area contributed by atoms with Gasteiger partial charge >= 0.3 is 13.1 Å². The molecule has 0 spiro atoms. The van der Waals surface area contributed by atoms with Gasteiger partial charge in [-0.3, -0.25) is 9.69 Å². The minimum Gasteiger partial charge on any atom is -0.480 e. The SMILES string of the molecule is Cl.Cl.N[C@]1(C(=O)O)C[C@H](CCB(O)O)CC[C@@H]1CN(Cc1ccccc1)Cc1ccccc1. The first-order valence-electron chi connectivity index (χ1n) is 11.1. The van der Waals surface area contributed by atoms with Crippen molar-refractivity contribution in [1.82, 2.24) is 4.90 Å². The molecule has 1 saturated carbocycles. The molecule has 0 unspecified atom stereocenters. The summed E-state index contributed by atoms with van der Waals surface area (Å²) < 4.78 is 0. The summed E-state index contributed by atoms with van der Waals surface area (Å²) >= 11 is 0. The van der Waals surface area contributed by atoms with Crippen LogP contribution in [0.25, 0.3) is 0 Å². The van der Waals surface area contributed by atoms with E-state index in [0.717, 1.165) is 25.9 Å². The van der Waals surface area contributed by atoms with Gasteiger partial charge in [0.1, 0.15) is 5.54 Å². The van der Waals surface area contributed by atoms with Crippen LogP contribution in [0.15, 0.2) is 60.7 Å². The third-order valence-electron chi connectivity index (χ3n) is 6.49. The molecule has 6 nitrogen and oxygen atoms in total. The number of nitrogens with zero attached hydrogens (tertiary/aromatic N) is 1. The number of benzene rings is 2. The van der Waals surface area contributed by atoms with E-state index in [0.29, 0.717) is 19.4 Å². The molecule has 0 amide bonds. The quantitative estimate of drug-likeness (QED) is 0.374. The molecule has 0 bridgehead atoms. The summed E-state index contributed by atoms with van der Waals surface area (Å²) in [5.41, 5.74) is 7.58. The van der Waals surface area contributed by atoms with E-state index in [2.05, 4.69) is 29.2 Å². The van der Waals surface area contributed by atoms with Crippen LogP contribution in [0, 0.1) is 11.8 Å². The van der Waals surface area contributed by atoms with E-state index in [1.165, 1.54) is 11.1 Å². The summed E-state index contributed by atoms with van der Waals surface area (Å²) in [7, 11) is -1.36. The molecule has 182 valence electrons. The lowest BCUT2D eigenvalue weighted by Gasteiger charge is -2.43. The highest BCUT2D eigenvalue weighted by atomic mass is 35.5. The van der Waals surface area contributed by atoms with E-state index in [1.54, 1.807) is 0 Å². The maximum Gasteiger partial charge on any atom is 0.451 e. The van der Waals surface area contributed by atoms with Crippen molar-refractivity contribution in [3.05, 3.63) is 71.8 Å². The van der Waals surface area contributed by atoms with Crippen molar-refractivity contribution in [3.8, 4) is 0 Å². The monoisotopic (exact) mass is 496 g/mol. The molecule has 0 saturated heterocycles. The van der Waals surface area contributed by atoms with Crippen molar-refractivity contribution < 1.29 is 19.9 Å². The van der Waals surface area contributed by atoms with E-state index >= 15 is 0 Å². The topological polar surface area (TPSA) is 107 Å². The minimum atomic E-state index is -1.36. The van der Waals surface area contributed by atoms with Gasteiger partial charge in [0.05, 0.1) is 0 Å². The first-order chi connectivity index (χ1) is 14.9. The largest absolute Gasteiger partial charge is 0.480 e. The van der Waals surface area contributed by atoms with Crippen molar-refractivity contribution >= 4 is 37.9 Å². The number of rotatable bonds is 10. The Labute approximate surface area is 209 Å². The van der Waals surface area contributed by atoms with Crippen LogP contribution in [0.5, 0.6) is 0 Å². The van der Waals surface area contributed by atoms with E-state index in [4.69, 9.17) is 5.73 Å². The molecule has 0 heterocycles. The Kier molecular flexibility index (Phi) is 12.4. The second kappa shape index (κ2) is 13.9. The zero-order valence-electron chi connectivity index (χ0n) is 18.8. The van der Waals surface area contributed by atoms with Gasteiger partial charge in [-0.1, -0.05) is 67.1 Å². The lowest BCUT2D eigenvalue weighted by atomic mass is 9.66. The van der Waals surface area contributed by atoms with Crippen LogP contribution < -0.4 is 5.73 Å². The minimum absolute atomic E-state index is 0. The third-order valence-corrected chi connectivity index (χ3v) is 6.49. The predicted octanol–water partition coefficient (Wildman–Crippen LogP) is 3.59. The van der Waals surface area contributed by atoms with Crippen LogP contribution in [-0.4, -0.2) is 45.2 Å². The second-order valence-electron chi connectivity index (χ2n) is 8.89. The molecule has 1 aliphatic rings. The summed E-state index contributed by atoms with van der Waals surface area (Å²) in [5, 5.41) is 28.4. The van der Waals surface area contributed by atoms with Crippen LogP contribution in [-0.2, 0) is 17.9 Å².